The lowest BCUT2D eigenvalue weighted by Gasteiger charge is -2.37. The molecular formula is C25H29ClN4O5S. The van der Waals surface area contributed by atoms with Gasteiger partial charge in [0, 0.05) is 18.1 Å². The molecule has 2 aromatic carbocycles. The van der Waals surface area contributed by atoms with Crippen molar-refractivity contribution in [2.24, 2.45) is 0 Å². The van der Waals surface area contributed by atoms with Gasteiger partial charge in [-0.25, -0.2) is 8.42 Å². The van der Waals surface area contributed by atoms with Crippen LogP contribution in [0.4, 0.5) is 11.4 Å². The number of halogens is 1. The van der Waals surface area contributed by atoms with Gasteiger partial charge in [-0.3, -0.25) is 18.7 Å². The van der Waals surface area contributed by atoms with E-state index in [1.165, 1.54) is 6.07 Å². The highest BCUT2D eigenvalue weighted by atomic mass is 35.5. The van der Waals surface area contributed by atoms with E-state index in [4.69, 9.17) is 11.6 Å². The van der Waals surface area contributed by atoms with Crippen molar-refractivity contribution in [2.45, 2.75) is 57.0 Å². The van der Waals surface area contributed by atoms with Gasteiger partial charge >= 0.3 is 0 Å². The molecule has 1 saturated heterocycles. The van der Waals surface area contributed by atoms with E-state index in [0.29, 0.717) is 34.9 Å². The summed E-state index contributed by atoms with van der Waals surface area (Å²) in [5, 5.41) is 5.77. The van der Waals surface area contributed by atoms with Crippen LogP contribution in [-0.2, 0) is 24.4 Å². The molecule has 2 aliphatic rings. The molecule has 0 aromatic heterocycles. The fourth-order valence-corrected chi connectivity index (χ4v) is 6.77. The van der Waals surface area contributed by atoms with E-state index in [1.807, 2.05) is 0 Å². The fraction of sp³-hybridized carbons (Fsp3) is 0.400. The molecular weight excluding hydrogens is 504 g/mol. The number of hydrogen-bond donors (Lipinski definition) is 2. The molecule has 0 radical (unpaired) electrons. The predicted octanol–water partition coefficient (Wildman–Crippen LogP) is 2.99. The maximum atomic E-state index is 14.0. The molecule has 0 spiro atoms. The summed E-state index contributed by atoms with van der Waals surface area (Å²) in [6.45, 7) is 6.20. The lowest BCUT2D eigenvalue weighted by molar-refractivity contribution is -0.135. The normalized spacial score (nSPS) is 18.4. The number of rotatable bonds is 6. The summed E-state index contributed by atoms with van der Waals surface area (Å²) >= 11 is 6.19. The van der Waals surface area contributed by atoms with Crippen molar-refractivity contribution < 1.29 is 22.8 Å². The first kappa shape index (κ1) is 26.0. The second-order valence-corrected chi connectivity index (χ2v) is 11.4. The molecule has 2 aliphatic heterocycles. The number of sulfonamides is 1. The SMILES string of the molecule is Cc1cc(S(=O)(=O)N2c3ccccc3NC(=O)C2CC(=O)NC(C)C(=O)N2CCCC2)c(C)cc1Cl. The van der Waals surface area contributed by atoms with Crippen LogP contribution in [0, 0.1) is 13.8 Å². The second kappa shape index (κ2) is 10.1. The van der Waals surface area contributed by atoms with E-state index in [-0.39, 0.29) is 16.5 Å². The van der Waals surface area contributed by atoms with E-state index in [1.54, 1.807) is 56.0 Å². The Morgan fingerprint density at radius 3 is 2.50 bits per heavy atom. The smallest absolute Gasteiger partial charge is 0.265 e. The minimum absolute atomic E-state index is 0.00288. The second-order valence-electron chi connectivity index (χ2n) is 9.22. The summed E-state index contributed by atoms with van der Waals surface area (Å²) in [5.41, 5.74) is 1.56. The van der Waals surface area contributed by atoms with E-state index in [2.05, 4.69) is 10.6 Å². The standard InChI is InChI=1S/C25H29ClN4O5S/c1-15-13-22(16(2)12-18(15)26)36(34,35)30-20-9-5-4-8-19(20)28-24(32)21(30)14-23(31)27-17(3)25(33)29-10-6-7-11-29/h4-5,8-9,12-13,17,21H,6-7,10-11,14H2,1-3H3,(H,27,31)(H,28,32). The lowest BCUT2D eigenvalue weighted by Crippen LogP contribution is -2.54. The Morgan fingerprint density at radius 1 is 1.14 bits per heavy atom. The average molecular weight is 533 g/mol. The van der Waals surface area contributed by atoms with E-state index < -0.39 is 40.3 Å². The molecule has 192 valence electrons. The van der Waals surface area contributed by atoms with Crippen molar-refractivity contribution in [3.05, 3.63) is 52.5 Å². The molecule has 4 rings (SSSR count). The topological polar surface area (TPSA) is 116 Å². The van der Waals surface area contributed by atoms with Crippen molar-refractivity contribution >= 4 is 50.7 Å². The number of hydrogen-bond acceptors (Lipinski definition) is 5. The third-order valence-electron chi connectivity index (χ3n) is 6.52. The fourth-order valence-electron chi connectivity index (χ4n) is 4.62. The van der Waals surface area contributed by atoms with E-state index in [0.717, 1.165) is 17.1 Å². The molecule has 2 unspecified atom stereocenters. The van der Waals surface area contributed by atoms with Crippen LogP contribution >= 0.6 is 11.6 Å². The number of likely N-dealkylation sites (tertiary alicyclic amines) is 1. The number of anilines is 2. The largest absolute Gasteiger partial charge is 0.345 e. The van der Waals surface area contributed by atoms with Gasteiger partial charge in [0.1, 0.15) is 12.1 Å². The zero-order valence-corrected chi connectivity index (χ0v) is 21.9. The monoisotopic (exact) mass is 532 g/mol. The maximum absolute atomic E-state index is 14.0. The summed E-state index contributed by atoms with van der Waals surface area (Å²) in [4.78, 5) is 40.4. The van der Waals surface area contributed by atoms with Crippen molar-refractivity contribution in [1.82, 2.24) is 10.2 Å². The summed E-state index contributed by atoms with van der Waals surface area (Å²) in [7, 11) is -4.27. The minimum atomic E-state index is -4.27. The molecule has 2 heterocycles. The zero-order chi connectivity index (χ0) is 26.2. The van der Waals surface area contributed by atoms with Crippen LogP contribution in [0.5, 0.6) is 0 Å². The molecule has 2 atom stereocenters. The van der Waals surface area contributed by atoms with Crippen molar-refractivity contribution in [3.8, 4) is 0 Å². The number of nitrogens with one attached hydrogen (secondary N) is 2. The molecule has 3 amide bonds. The summed E-state index contributed by atoms with van der Waals surface area (Å²) in [5.74, 6) is -1.43. The van der Waals surface area contributed by atoms with Gasteiger partial charge in [-0.2, -0.15) is 0 Å². The quantitative estimate of drug-likeness (QED) is 0.593. The number of fused-ring (bicyclic) bond motifs is 1. The van der Waals surface area contributed by atoms with E-state index in [9.17, 15) is 22.8 Å². The number of para-hydroxylation sites is 2. The van der Waals surface area contributed by atoms with Gasteiger partial charge in [-0.05, 0) is 69.0 Å². The number of benzene rings is 2. The Balaban J connectivity index is 1.67. The first-order valence-corrected chi connectivity index (χ1v) is 13.6. The highest BCUT2D eigenvalue weighted by Crippen LogP contribution is 2.38. The average Bonchev–Trinajstić information content (AvgIpc) is 3.36. The molecule has 2 aromatic rings. The Bertz CT molecular complexity index is 1320. The minimum Gasteiger partial charge on any atom is -0.345 e. The zero-order valence-electron chi connectivity index (χ0n) is 20.4. The molecule has 2 N–H and O–H groups in total. The van der Waals surface area contributed by atoms with Crippen molar-refractivity contribution in [2.75, 3.05) is 22.7 Å². The van der Waals surface area contributed by atoms with Gasteiger partial charge in [0.05, 0.1) is 22.7 Å². The van der Waals surface area contributed by atoms with Gasteiger partial charge < -0.3 is 15.5 Å². The Kier molecular flexibility index (Phi) is 7.28. The van der Waals surface area contributed by atoms with Crippen molar-refractivity contribution in [3.63, 3.8) is 0 Å². The van der Waals surface area contributed by atoms with Gasteiger partial charge in [-0.1, -0.05) is 23.7 Å². The lowest BCUT2D eigenvalue weighted by atomic mass is 10.1. The third-order valence-corrected chi connectivity index (χ3v) is 8.89. The molecule has 0 saturated carbocycles. The molecule has 11 heteroatoms. The van der Waals surface area contributed by atoms with Crippen LogP contribution in [0.1, 0.15) is 37.3 Å². The first-order chi connectivity index (χ1) is 17.0. The highest BCUT2D eigenvalue weighted by molar-refractivity contribution is 7.93. The summed E-state index contributed by atoms with van der Waals surface area (Å²) in [6, 6.07) is 7.41. The highest BCUT2D eigenvalue weighted by Gasteiger charge is 2.43. The Hall–Kier alpha value is -3.11. The molecule has 0 bridgehead atoms. The van der Waals surface area contributed by atoms with Crippen LogP contribution in [0.2, 0.25) is 5.02 Å². The van der Waals surface area contributed by atoms with Gasteiger partial charge in [0.15, 0.2) is 0 Å². The first-order valence-electron chi connectivity index (χ1n) is 11.8. The summed E-state index contributed by atoms with van der Waals surface area (Å²) < 4.78 is 29.0. The Morgan fingerprint density at radius 2 is 1.81 bits per heavy atom. The predicted molar refractivity (Wildman–Crippen MR) is 137 cm³/mol. The molecule has 1 fully saturated rings. The van der Waals surface area contributed by atoms with Crippen LogP contribution in [-0.4, -0.2) is 56.2 Å². The van der Waals surface area contributed by atoms with Gasteiger partial charge in [-0.15, -0.1) is 0 Å². The van der Waals surface area contributed by atoms with Crippen LogP contribution < -0.4 is 14.9 Å². The van der Waals surface area contributed by atoms with E-state index >= 15 is 0 Å². The van der Waals surface area contributed by atoms with Crippen LogP contribution in [0.25, 0.3) is 0 Å². The van der Waals surface area contributed by atoms with Crippen LogP contribution in [0.15, 0.2) is 41.3 Å². The number of amides is 3. The number of carbonyl (C=O) groups excluding carboxylic acids is 3. The number of aryl methyl sites for hydroxylation is 2. The summed E-state index contributed by atoms with van der Waals surface area (Å²) in [6.07, 6.45) is 1.39. The number of nitrogens with zero attached hydrogens (tertiary/aromatic N) is 2. The van der Waals surface area contributed by atoms with Crippen molar-refractivity contribution in [1.29, 1.82) is 0 Å². The number of carbonyl (C=O) groups is 3. The third kappa shape index (κ3) is 4.92. The van der Waals surface area contributed by atoms with Gasteiger partial charge in [0.2, 0.25) is 17.7 Å². The molecule has 36 heavy (non-hydrogen) atoms. The Labute approximate surface area is 215 Å². The van der Waals surface area contributed by atoms with Crippen LogP contribution in [0.3, 0.4) is 0 Å². The molecule has 9 nitrogen and oxygen atoms in total. The molecule has 0 aliphatic carbocycles. The van der Waals surface area contributed by atoms with Gasteiger partial charge in [0.25, 0.3) is 10.0 Å². The maximum Gasteiger partial charge on any atom is 0.265 e.